The van der Waals surface area contributed by atoms with Crippen LogP contribution >= 0.6 is 15.9 Å². The Morgan fingerprint density at radius 3 is 2.63 bits per heavy atom. The van der Waals surface area contributed by atoms with E-state index in [0.717, 1.165) is 6.26 Å². The number of sulfonamides is 1. The smallest absolute Gasteiger partial charge is 0.285 e. The zero-order valence-electron chi connectivity index (χ0n) is 9.24. The Bertz CT molecular complexity index is 712. The lowest BCUT2D eigenvalue weighted by molar-refractivity contribution is -0.385. The largest absolute Gasteiger partial charge is 0.471 e. The maximum atomic E-state index is 11.9. The molecule has 0 amide bonds. The molecular weight excluding hydrogens is 340 g/mol. The minimum Gasteiger partial charge on any atom is -0.471 e. The van der Waals surface area contributed by atoms with Crippen LogP contribution in [0, 0.1) is 10.1 Å². The Labute approximate surface area is 116 Å². The number of hydrogen-bond acceptors (Lipinski definition) is 5. The number of hydrogen-bond donors (Lipinski definition) is 1. The predicted octanol–water partition coefficient (Wildman–Crippen LogP) is 2.75. The summed E-state index contributed by atoms with van der Waals surface area (Å²) in [4.78, 5) is 10.1. The van der Waals surface area contributed by atoms with E-state index in [0.29, 0.717) is 0 Å². The molecular formula is C10H7BrN2O5S. The number of nitrogens with zero attached hydrogens (tertiary/aromatic N) is 1. The molecule has 100 valence electrons. The lowest BCUT2D eigenvalue weighted by Crippen LogP contribution is -2.12. The first kappa shape index (κ1) is 13.6. The van der Waals surface area contributed by atoms with Crippen molar-refractivity contribution in [2.75, 3.05) is 4.72 Å². The van der Waals surface area contributed by atoms with Gasteiger partial charge in [-0.2, -0.15) is 0 Å². The first-order chi connectivity index (χ1) is 8.92. The standard InChI is InChI=1S/C10H7BrN2O5S/c11-10-8(2-1-3-9(10)13(14)15)12-19(16,17)7-4-5-18-6-7/h1-6,12H. The summed E-state index contributed by atoms with van der Waals surface area (Å²) in [5.74, 6) is 0. The van der Waals surface area contributed by atoms with Gasteiger partial charge < -0.3 is 4.42 Å². The van der Waals surface area contributed by atoms with E-state index in [1.165, 1.54) is 30.5 Å². The molecule has 0 unspecified atom stereocenters. The second-order valence-electron chi connectivity index (χ2n) is 3.46. The van der Waals surface area contributed by atoms with Crippen LogP contribution in [0.3, 0.4) is 0 Å². The molecule has 0 aliphatic carbocycles. The third-order valence-corrected chi connectivity index (χ3v) is 4.40. The summed E-state index contributed by atoms with van der Waals surface area (Å²) in [6.07, 6.45) is 2.28. The molecule has 0 aliphatic rings. The van der Waals surface area contributed by atoms with Crippen LogP contribution in [0.25, 0.3) is 0 Å². The molecule has 0 saturated carbocycles. The molecule has 0 saturated heterocycles. The van der Waals surface area contributed by atoms with E-state index < -0.39 is 14.9 Å². The third kappa shape index (κ3) is 2.76. The minimum absolute atomic E-state index is 0.0621. The van der Waals surface area contributed by atoms with E-state index >= 15 is 0 Å². The zero-order chi connectivity index (χ0) is 14.0. The molecule has 2 aromatic rings. The molecule has 0 atom stereocenters. The number of furan rings is 1. The van der Waals surface area contributed by atoms with Crippen LogP contribution in [0.4, 0.5) is 11.4 Å². The van der Waals surface area contributed by atoms with Gasteiger partial charge in [0.2, 0.25) is 0 Å². The molecule has 7 nitrogen and oxygen atoms in total. The van der Waals surface area contributed by atoms with Gasteiger partial charge >= 0.3 is 0 Å². The van der Waals surface area contributed by atoms with E-state index in [1.54, 1.807) is 0 Å². The van der Waals surface area contributed by atoms with Crippen molar-refractivity contribution in [3.05, 3.63) is 51.4 Å². The topological polar surface area (TPSA) is 102 Å². The number of anilines is 1. The Hall–Kier alpha value is -1.87. The maximum absolute atomic E-state index is 11.9. The Balaban J connectivity index is 2.40. The molecule has 2 rings (SSSR count). The molecule has 0 aliphatic heterocycles. The van der Waals surface area contributed by atoms with E-state index in [4.69, 9.17) is 4.42 Å². The summed E-state index contributed by atoms with van der Waals surface area (Å²) in [6.45, 7) is 0. The first-order valence-corrected chi connectivity index (χ1v) is 7.17. The predicted molar refractivity (Wildman–Crippen MR) is 70.3 cm³/mol. The minimum atomic E-state index is -3.83. The van der Waals surface area contributed by atoms with Crippen LogP contribution in [0.1, 0.15) is 0 Å². The van der Waals surface area contributed by atoms with Crippen LogP contribution < -0.4 is 4.72 Å². The number of benzene rings is 1. The number of nitro benzene ring substituents is 1. The van der Waals surface area contributed by atoms with Crippen LogP contribution in [0.5, 0.6) is 0 Å². The summed E-state index contributed by atoms with van der Waals surface area (Å²) in [5, 5.41) is 10.8. The van der Waals surface area contributed by atoms with Crippen molar-refractivity contribution in [3.63, 3.8) is 0 Å². The zero-order valence-corrected chi connectivity index (χ0v) is 11.6. The Kier molecular flexibility index (Phi) is 3.58. The van der Waals surface area contributed by atoms with Crippen LogP contribution in [-0.2, 0) is 10.0 Å². The highest BCUT2D eigenvalue weighted by Gasteiger charge is 2.20. The highest BCUT2D eigenvalue weighted by atomic mass is 79.9. The molecule has 0 fully saturated rings. The molecule has 9 heteroatoms. The molecule has 0 bridgehead atoms. The van der Waals surface area contributed by atoms with Crippen molar-refractivity contribution in [2.24, 2.45) is 0 Å². The van der Waals surface area contributed by atoms with Gasteiger partial charge in [0.15, 0.2) is 0 Å². The number of nitrogens with one attached hydrogen (secondary N) is 1. The third-order valence-electron chi connectivity index (χ3n) is 2.22. The summed E-state index contributed by atoms with van der Waals surface area (Å²) < 4.78 is 30.9. The van der Waals surface area contributed by atoms with Crippen molar-refractivity contribution >= 4 is 37.3 Å². The summed E-state index contributed by atoms with van der Waals surface area (Å²) >= 11 is 3.01. The average molecular weight is 347 g/mol. The highest BCUT2D eigenvalue weighted by molar-refractivity contribution is 9.10. The average Bonchev–Trinajstić information content (AvgIpc) is 2.85. The Morgan fingerprint density at radius 2 is 2.05 bits per heavy atom. The van der Waals surface area contributed by atoms with Crippen LogP contribution in [-0.4, -0.2) is 13.3 Å². The Morgan fingerprint density at radius 1 is 1.32 bits per heavy atom. The molecule has 1 aromatic heterocycles. The van der Waals surface area contributed by atoms with Gasteiger partial charge in [0.05, 0.1) is 16.9 Å². The second kappa shape index (κ2) is 5.02. The van der Waals surface area contributed by atoms with Crippen molar-refractivity contribution in [2.45, 2.75) is 4.90 Å². The van der Waals surface area contributed by atoms with Crippen molar-refractivity contribution in [1.82, 2.24) is 0 Å². The molecule has 1 aromatic carbocycles. The van der Waals surface area contributed by atoms with Gasteiger partial charge in [-0.3, -0.25) is 14.8 Å². The normalized spacial score (nSPS) is 11.2. The van der Waals surface area contributed by atoms with E-state index in [9.17, 15) is 18.5 Å². The van der Waals surface area contributed by atoms with Gasteiger partial charge in [0, 0.05) is 6.07 Å². The van der Waals surface area contributed by atoms with Gasteiger partial charge in [0.1, 0.15) is 15.6 Å². The SMILES string of the molecule is O=[N+]([O-])c1cccc(NS(=O)(=O)c2ccoc2)c1Br. The van der Waals surface area contributed by atoms with E-state index in [1.807, 2.05) is 0 Å². The first-order valence-electron chi connectivity index (χ1n) is 4.90. The second-order valence-corrected chi connectivity index (χ2v) is 5.94. The van der Waals surface area contributed by atoms with E-state index in [2.05, 4.69) is 20.7 Å². The molecule has 0 radical (unpaired) electrons. The summed E-state index contributed by atoms with van der Waals surface area (Å²) in [6, 6.07) is 5.33. The van der Waals surface area contributed by atoms with Gasteiger partial charge in [-0.25, -0.2) is 8.42 Å². The van der Waals surface area contributed by atoms with Crippen molar-refractivity contribution in [3.8, 4) is 0 Å². The fourth-order valence-corrected chi connectivity index (χ4v) is 2.98. The quantitative estimate of drug-likeness (QED) is 0.677. The van der Waals surface area contributed by atoms with Crippen molar-refractivity contribution < 1.29 is 17.8 Å². The van der Waals surface area contributed by atoms with Crippen molar-refractivity contribution in [1.29, 1.82) is 0 Å². The fraction of sp³-hybridized carbons (Fsp3) is 0. The molecule has 1 heterocycles. The lowest BCUT2D eigenvalue weighted by atomic mass is 10.3. The highest BCUT2D eigenvalue weighted by Crippen LogP contribution is 2.33. The van der Waals surface area contributed by atoms with Gasteiger partial charge in [-0.15, -0.1) is 0 Å². The molecule has 0 spiro atoms. The molecule has 1 N–H and O–H groups in total. The van der Waals surface area contributed by atoms with Gasteiger partial charge in [-0.1, -0.05) is 6.07 Å². The maximum Gasteiger partial charge on any atom is 0.285 e. The van der Waals surface area contributed by atoms with E-state index in [-0.39, 0.29) is 20.7 Å². The lowest BCUT2D eigenvalue weighted by Gasteiger charge is -2.08. The van der Waals surface area contributed by atoms with Crippen LogP contribution in [0.2, 0.25) is 0 Å². The van der Waals surface area contributed by atoms with Gasteiger partial charge in [-0.05, 0) is 28.1 Å². The number of halogens is 1. The van der Waals surface area contributed by atoms with Gasteiger partial charge in [0.25, 0.3) is 15.7 Å². The fourth-order valence-electron chi connectivity index (χ4n) is 1.35. The molecule has 19 heavy (non-hydrogen) atoms. The number of rotatable bonds is 4. The summed E-state index contributed by atoms with van der Waals surface area (Å²) in [7, 11) is -3.83. The monoisotopic (exact) mass is 346 g/mol. The number of nitro groups is 1. The van der Waals surface area contributed by atoms with Crippen LogP contribution in [0.15, 0.2) is 50.6 Å². The summed E-state index contributed by atoms with van der Waals surface area (Å²) in [5.41, 5.74) is -0.150.